The Labute approximate surface area is 163 Å². The first kappa shape index (κ1) is 16.8. The summed E-state index contributed by atoms with van der Waals surface area (Å²) in [7, 11) is 0. The normalized spacial score (nSPS) is 11.5. The van der Waals surface area contributed by atoms with Crippen molar-refractivity contribution in [3.63, 3.8) is 0 Å². The van der Waals surface area contributed by atoms with E-state index in [2.05, 4.69) is 15.1 Å². The van der Waals surface area contributed by atoms with Gasteiger partial charge < -0.3 is 9.97 Å². The number of halogens is 2. The highest BCUT2D eigenvalue weighted by molar-refractivity contribution is 6.30. The Balaban J connectivity index is 1.92. The number of hydrogen-bond donors (Lipinski definition) is 2. The fraction of sp³-hybridized carbons (Fsp3) is 0.0476. The van der Waals surface area contributed by atoms with Crippen LogP contribution in [0.2, 0.25) is 5.02 Å². The van der Waals surface area contributed by atoms with Gasteiger partial charge in [0.1, 0.15) is 18.0 Å². The molecule has 5 rings (SSSR count). The van der Waals surface area contributed by atoms with Crippen molar-refractivity contribution >= 4 is 28.2 Å². The van der Waals surface area contributed by atoms with Crippen LogP contribution in [-0.2, 0) is 6.67 Å². The maximum Gasteiger partial charge on any atom is 0.274 e. The Morgan fingerprint density at radius 3 is 2.68 bits per heavy atom. The SMILES string of the molecule is O=c1cc(CF)[nH]c2c(-c3c[nH]c4ccccc34)c(-c3ccc(Cl)cc3)nn12. The van der Waals surface area contributed by atoms with Crippen molar-refractivity contribution in [2.45, 2.75) is 6.67 Å². The van der Waals surface area contributed by atoms with Gasteiger partial charge in [0, 0.05) is 39.3 Å². The van der Waals surface area contributed by atoms with Gasteiger partial charge in [0.15, 0.2) is 0 Å². The molecule has 28 heavy (non-hydrogen) atoms. The summed E-state index contributed by atoms with van der Waals surface area (Å²) in [5.74, 6) is 0. The van der Waals surface area contributed by atoms with E-state index in [4.69, 9.17) is 11.6 Å². The second-order valence-electron chi connectivity index (χ2n) is 6.51. The minimum absolute atomic E-state index is 0.209. The molecule has 3 heterocycles. The molecule has 138 valence electrons. The fourth-order valence-electron chi connectivity index (χ4n) is 3.51. The van der Waals surface area contributed by atoms with Gasteiger partial charge >= 0.3 is 0 Å². The van der Waals surface area contributed by atoms with Crippen molar-refractivity contribution in [3.05, 3.63) is 81.9 Å². The quantitative estimate of drug-likeness (QED) is 0.455. The van der Waals surface area contributed by atoms with E-state index in [1.54, 1.807) is 12.1 Å². The highest BCUT2D eigenvalue weighted by atomic mass is 35.5. The fourth-order valence-corrected chi connectivity index (χ4v) is 3.63. The molecule has 0 saturated carbocycles. The molecule has 0 atom stereocenters. The van der Waals surface area contributed by atoms with Crippen molar-refractivity contribution in [3.8, 4) is 22.4 Å². The van der Waals surface area contributed by atoms with Crippen LogP contribution in [0.15, 0.2) is 65.6 Å². The summed E-state index contributed by atoms with van der Waals surface area (Å²) in [4.78, 5) is 18.8. The number of fused-ring (bicyclic) bond motifs is 2. The lowest BCUT2D eigenvalue weighted by Crippen LogP contribution is -2.15. The molecule has 0 bridgehead atoms. The van der Waals surface area contributed by atoms with Crippen LogP contribution in [-0.4, -0.2) is 19.6 Å². The Hall–Kier alpha value is -3.38. The summed E-state index contributed by atoms with van der Waals surface area (Å²) in [5, 5.41) is 6.14. The molecule has 0 unspecified atom stereocenters. The molecule has 0 aliphatic rings. The average molecular weight is 393 g/mol. The molecule has 0 aliphatic carbocycles. The molecule has 5 aromatic rings. The zero-order chi connectivity index (χ0) is 19.3. The summed E-state index contributed by atoms with van der Waals surface area (Å²) in [5.41, 5.74) is 4.27. The predicted octanol–water partition coefficient (Wildman–Crippen LogP) is 4.96. The molecular weight excluding hydrogens is 379 g/mol. The van der Waals surface area contributed by atoms with Crippen LogP contribution in [0.5, 0.6) is 0 Å². The van der Waals surface area contributed by atoms with Gasteiger partial charge in [-0.1, -0.05) is 41.9 Å². The summed E-state index contributed by atoms with van der Waals surface area (Å²) in [6.45, 7) is -0.763. The third kappa shape index (κ3) is 2.53. The Morgan fingerprint density at radius 2 is 1.89 bits per heavy atom. The molecule has 0 saturated heterocycles. The van der Waals surface area contributed by atoms with Gasteiger partial charge in [-0.2, -0.15) is 9.61 Å². The van der Waals surface area contributed by atoms with E-state index < -0.39 is 6.67 Å². The highest BCUT2D eigenvalue weighted by Gasteiger charge is 2.21. The monoisotopic (exact) mass is 392 g/mol. The van der Waals surface area contributed by atoms with Crippen molar-refractivity contribution in [2.75, 3.05) is 0 Å². The van der Waals surface area contributed by atoms with Gasteiger partial charge in [0.25, 0.3) is 5.56 Å². The molecule has 7 heteroatoms. The lowest BCUT2D eigenvalue weighted by atomic mass is 10.0. The van der Waals surface area contributed by atoms with E-state index in [-0.39, 0.29) is 11.3 Å². The van der Waals surface area contributed by atoms with Crippen LogP contribution in [0.4, 0.5) is 4.39 Å². The van der Waals surface area contributed by atoms with E-state index in [9.17, 15) is 9.18 Å². The molecule has 0 fully saturated rings. The Morgan fingerprint density at radius 1 is 1.11 bits per heavy atom. The second kappa shape index (κ2) is 6.35. The number of alkyl halides is 1. The number of H-pyrrole nitrogens is 2. The van der Waals surface area contributed by atoms with E-state index >= 15 is 0 Å². The minimum atomic E-state index is -0.763. The standard InChI is InChI=1S/C21H14ClFN4O/c22-13-7-5-12(6-8-13)20-19(16-11-24-17-4-2-1-3-15(16)17)21-25-14(10-23)9-18(28)27(21)26-20/h1-9,11,24-25H,10H2. The number of para-hydroxylation sites is 1. The van der Waals surface area contributed by atoms with Crippen LogP contribution < -0.4 is 5.56 Å². The first-order chi connectivity index (χ1) is 13.7. The molecule has 2 aromatic carbocycles. The van der Waals surface area contributed by atoms with Crippen molar-refractivity contribution in [1.29, 1.82) is 0 Å². The smallest absolute Gasteiger partial charge is 0.274 e. The molecule has 0 radical (unpaired) electrons. The largest absolute Gasteiger partial charge is 0.361 e. The van der Waals surface area contributed by atoms with E-state index in [0.29, 0.717) is 16.4 Å². The number of aromatic nitrogens is 4. The summed E-state index contributed by atoms with van der Waals surface area (Å²) < 4.78 is 14.6. The third-order valence-electron chi connectivity index (χ3n) is 4.79. The van der Waals surface area contributed by atoms with Gasteiger partial charge in [-0.15, -0.1) is 0 Å². The zero-order valence-corrected chi connectivity index (χ0v) is 15.3. The summed E-state index contributed by atoms with van der Waals surface area (Å²) >= 11 is 6.03. The third-order valence-corrected chi connectivity index (χ3v) is 5.04. The molecule has 5 nitrogen and oxygen atoms in total. The first-order valence-electron chi connectivity index (χ1n) is 8.69. The topological polar surface area (TPSA) is 66.0 Å². The van der Waals surface area contributed by atoms with Crippen LogP contribution in [0.25, 0.3) is 38.9 Å². The molecular formula is C21H14ClFN4O. The van der Waals surface area contributed by atoms with E-state index in [1.807, 2.05) is 42.6 Å². The second-order valence-corrected chi connectivity index (χ2v) is 6.94. The maximum absolute atomic E-state index is 13.3. The minimum Gasteiger partial charge on any atom is -0.361 e. The van der Waals surface area contributed by atoms with E-state index in [1.165, 1.54) is 10.6 Å². The van der Waals surface area contributed by atoms with Gasteiger partial charge in [-0.3, -0.25) is 4.79 Å². The lowest BCUT2D eigenvalue weighted by molar-refractivity contribution is 0.475. The van der Waals surface area contributed by atoms with Crippen LogP contribution in [0, 0.1) is 0 Å². The molecule has 3 aromatic heterocycles. The number of nitrogens with zero attached hydrogens (tertiary/aromatic N) is 2. The first-order valence-corrected chi connectivity index (χ1v) is 9.07. The van der Waals surface area contributed by atoms with Gasteiger partial charge in [0.05, 0.1) is 11.3 Å². The molecule has 0 aliphatic heterocycles. The molecule has 0 spiro atoms. The molecule has 2 N–H and O–H groups in total. The van der Waals surface area contributed by atoms with Crippen molar-refractivity contribution in [1.82, 2.24) is 19.6 Å². The average Bonchev–Trinajstić information content (AvgIpc) is 3.30. The summed E-state index contributed by atoms with van der Waals surface area (Å²) in [6, 6.07) is 16.3. The number of benzene rings is 2. The number of rotatable bonds is 3. The Bertz CT molecular complexity index is 1380. The summed E-state index contributed by atoms with van der Waals surface area (Å²) in [6.07, 6.45) is 1.88. The highest BCUT2D eigenvalue weighted by Crippen LogP contribution is 2.38. The number of aromatic amines is 2. The van der Waals surface area contributed by atoms with Crippen molar-refractivity contribution < 1.29 is 4.39 Å². The van der Waals surface area contributed by atoms with Crippen LogP contribution in [0.3, 0.4) is 0 Å². The predicted molar refractivity (Wildman–Crippen MR) is 108 cm³/mol. The lowest BCUT2D eigenvalue weighted by Gasteiger charge is -2.04. The number of nitrogens with one attached hydrogen (secondary N) is 2. The van der Waals surface area contributed by atoms with Gasteiger partial charge in [0.2, 0.25) is 0 Å². The van der Waals surface area contributed by atoms with E-state index in [0.717, 1.165) is 27.6 Å². The number of hydrogen-bond acceptors (Lipinski definition) is 2. The van der Waals surface area contributed by atoms with Crippen molar-refractivity contribution in [2.24, 2.45) is 0 Å². The molecule has 0 amide bonds. The van der Waals surface area contributed by atoms with Crippen LogP contribution >= 0.6 is 11.6 Å². The zero-order valence-electron chi connectivity index (χ0n) is 14.5. The van der Waals surface area contributed by atoms with Gasteiger partial charge in [-0.05, 0) is 18.2 Å². The van der Waals surface area contributed by atoms with Crippen LogP contribution in [0.1, 0.15) is 5.69 Å². The Kier molecular flexibility index (Phi) is 3.80. The van der Waals surface area contributed by atoms with Gasteiger partial charge in [-0.25, -0.2) is 4.39 Å². The maximum atomic E-state index is 13.3.